The molecule has 0 aliphatic heterocycles. The standard InChI is InChI=1S/C20H19ClN2OS/c1-2-15-13-5-3-4-6-14(13)16-17(22)19(25-20(16)23-15)18(24)11-7-9-12(21)10-8-11/h7-10H,2-6,22H2,1H3. The molecule has 0 amide bonds. The van der Waals surface area contributed by atoms with Crippen LogP contribution in [0.4, 0.5) is 5.69 Å². The number of rotatable bonds is 3. The monoisotopic (exact) mass is 370 g/mol. The summed E-state index contributed by atoms with van der Waals surface area (Å²) in [6.45, 7) is 2.14. The second-order valence-electron chi connectivity index (χ2n) is 6.44. The van der Waals surface area contributed by atoms with Gasteiger partial charge in [0.15, 0.2) is 0 Å². The minimum Gasteiger partial charge on any atom is -0.397 e. The van der Waals surface area contributed by atoms with Gasteiger partial charge in [-0.3, -0.25) is 4.79 Å². The van der Waals surface area contributed by atoms with Crippen LogP contribution in [0.25, 0.3) is 10.2 Å². The van der Waals surface area contributed by atoms with Crippen LogP contribution in [-0.2, 0) is 19.3 Å². The highest BCUT2D eigenvalue weighted by atomic mass is 35.5. The largest absolute Gasteiger partial charge is 0.397 e. The van der Waals surface area contributed by atoms with Gasteiger partial charge in [0.2, 0.25) is 5.78 Å². The molecule has 0 unspecified atom stereocenters. The zero-order chi connectivity index (χ0) is 17.6. The first kappa shape index (κ1) is 16.6. The van der Waals surface area contributed by atoms with E-state index in [-0.39, 0.29) is 5.78 Å². The van der Waals surface area contributed by atoms with Gasteiger partial charge in [-0.25, -0.2) is 4.98 Å². The molecule has 0 spiro atoms. The van der Waals surface area contributed by atoms with E-state index < -0.39 is 0 Å². The van der Waals surface area contributed by atoms with Gasteiger partial charge in [0.05, 0.1) is 5.69 Å². The number of nitrogens with two attached hydrogens (primary N) is 1. The van der Waals surface area contributed by atoms with Gasteiger partial charge in [-0.1, -0.05) is 18.5 Å². The highest BCUT2D eigenvalue weighted by Crippen LogP contribution is 2.40. The molecule has 128 valence electrons. The molecule has 0 saturated heterocycles. The summed E-state index contributed by atoms with van der Waals surface area (Å²) in [5, 5.41) is 1.62. The van der Waals surface area contributed by atoms with Crippen molar-refractivity contribution in [2.24, 2.45) is 0 Å². The summed E-state index contributed by atoms with van der Waals surface area (Å²) in [7, 11) is 0. The Labute approximate surface area is 155 Å². The molecule has 25 heavy (non-hydrogen) atoms. The zero-order valence-electron chi connectivity index (χ0n) is 14.1. The lowest BCUT2D eigenvalue weighted by Crippen LogP contribution is -2.09. The van der Waals surface area contributed by atoms with Crippen LogP contribution in [0.15, 0.2) is 24.3 Å². The third-order valence-corrected chi connectivity index (χ3v) is 6.28. The third-order valence-electron chi connectivity index (χ3n) is 4.93. The summed E-state index contributed by atoms with van der Waals surface area (Å²) in [4.78, 5) is 19.3. The lowest BCUT2D eigenvalue weighted by molar-refractivity contribution is 0.104. The summed E-state index contributed by atoms with van der Waals surface area (Å²) >= 11 is 7.34. The fourth-order valence-electron chi connectivity index (χ4n) is 3.68. The maximum absolute atomic E-state index is 12.9. The molecule has 0 bridgehead atoms. The fourth-order valence-corrected chi connectivity index (χ4v) is 4.92. The Morgan fingerprint density at radius 1 is 1.20 bits per heavy atom. The molecule has 2 aromatic heterocycles. The van der Waals surface area contributed by atoms with Crippen molar-refractivity contribution in [3.8, 4) is 0 Å². The van der Waals surface area contributed by atoms with Crippen LogP contribution in [0.3, 0.4) is 0 Å². The van der Waals surface area contributed by atoms with E-state index in [2.05, 4.69) is 6.92 Å². The quantitative estimate of drug-likeness (QED) is 0.644. The molecule has 1 aliphatic carbocycles. The van der Waals surface area contributed by atoms with Gasteiger partial charge in [-0.05, 0) is 67.5 Å². The second kappa shape index (κ2) is 6.43. The molecule has 2 N–H and O–H groups in total. The zero-order valence-corrected chi connectivity index (χ0v) is 15.6. The van der Waals surface area contributed by atoms with Crippen LogP contribution in [0.2, 0.25) is 5.02 Å². The number of hydrogen-bond donors (Lipinski definition) is 1. The predicted molar refractivity (Wildman–Crippen MR) is 105 cm³/mol. The SMILES string of the molecule is CCc1nc2sc(C(=O)c3ccc(Cl)cc3)c(N)c2c2c1CCCC2. The number of aryl methyl sites for hydroxylation is 2. The van der Waals surface area contributed by atoms with E-state index in [4.69, 9.17) is 22.3 Å². The summed E-state index contributed by atoms with van der Waals surface area (Å²) < 4.78 is 0. The van der Waals surface area contributed by atoms with Crippen LogP contribution < -0.4 is 5.73 Å². The van der Waals surface area contributed by atoms with Crippen molar-refractivity contribution in [3.05, 3.63) is 56.5 Å². The van der Waals surface area contributed by atoms with E-state index in [0.29, 0.717) is 21.2 Å². The van der Waals surface area contributed by atoms with Gasteiger partial charge in [0.25, 0.3) is 0 Å². The van der Waals surface area contributed by atoms with E-state index in [9.17, 15) is 4.79 Å². The van der Waals surface area contributed by atoms with Crippen LogP contribution in [0, 0.1) is 0 Å². The van der Waals surface area contributed by atoms with E-state index in [1.165, 1.54) is 35.3 Å². The molecule has 0 saturated carbocycles. The number of anilines is 1. The number of ketones is 1. The number of benzene rings is 1. The Morgan fingerprint density at radius 2 is 1.88 bits per heavy atom. The molecule has 4 rings (SSSR count). The van der Waals surface area contributed by atoms with Crippen molar-refractivity contribution in [1.82, 2.24) is 4.98 Å². The van der Waals surface area contributed by atoms with Crippen LogP contribution in [-0.4, -0.2) is 10.8 Å². The average molecular weight is 371 g/mol. The van der Waals surface area contributed by atoms with E-state index in [0.717, 1.165) is 35.2 Å². The van der Waals surface area contributed by atoms with Crippen LogP contribution >= 0.6 is 22.9 Å². The number of carbonyl (C=O) groups is 1. The summed E-state index contributed by atoms with van der Waals surface area (Å²) in [6.07, 6.45) is 5.38. The Hall–Kier alpha value is -1.91. The molecular weight excluding hydrogens is 352 g/mol. The minimum atomic E-state index is -0.0558. The molecule has 1 aliphatic rings. The molecule has 2 heterocycles. The third kappa shape index (κ3) is 2.74. The first-order valence-corrected chi connectivity index (χ1v) is 9.82. The van der Waals surface area contributed by atoms with Gasteiger partial charge >= 0.3 is 0 Å². The number of pyridine rings is 1. The smallest absolute Gasteiger partial charge is 0.205 e. The molecule has 1 aromatic carbocycles. The summed E-state index contributed by atoms with van der Waals surface area (Å²) in [5.74, 6) is -0.0558. The number of hydrogen-bond acceptors (Lipinski definition) is 4. The Balaban J connectivity index is 1.90. The van der Waals surface area contributed by atoms with Crippen molar-refractivity contribution in [1.29, 1.82) is 0 Å². The number of fused-ring (bicyclic) bond motifs is 3. The highest BCUT2D eigenvalue weighted by molar-refractivity contribution is 7.21. The highest BCUT2D eigenvalue weighted by Gasteiger charge is 2.25. The Bertz CT molecular complexity index is 976. The molecule has 0 fully saturated rings. The van der Waals surface area contributed by atoms with Gasteiger partial charge in [0, 0.05) is 21.7 Å². The van der Waals surface area contributed by atoms with E-state index in [1.54, 1.807) is 24.3 Å². The average Bonchev–Trinajstić information content (AvgIpc) is 2.98. The minimum absolute atomic E-state index is 0.0558. The van der Waals surface area contributed by atoms with Gasteiger partial charge in [-0.2, -0.15) is 0 Å². The number of thiophene rings is 1. The number of halogens is 1. The van der Waals surface area contributed by atoms with Crippen molar-refractivity contribution in [2.45, 2.75) is 39.0 Å². The van der Waals surface area contributed by atoms with E-state index >= 15 is 0 Å². The van der Waals surface area contributed by atoms with Gasteiger partial charge in [-0.15, -0.1) is 11.3 Å². The van der Waals surface area contributed by atoms with Crippen LogP contribution in [0.1, 0.15) is 51.8 Å². The number of nitrogen functional groups attached to an aromatic ring is 1. The number of aromatic nitrogens is 1. The van der Waals surface area contributed by atoms with Crippen molar-refractivity contribution in [3.63, 3.8) is 0 Å². The van der Waals surface area contributed by atoms with Crippen LogP contribution in [0.5, 0.6) is 0 Å². The van der Waals surface area contributed by atoms with Gasteiger partial charge < -0.3 is 5.73 Å². The topological polar surface area (TPSA) is 56.0 Å². The molecule has 3 nitrogen and oxygen atoms in total. The normalized spacial score (nSPS) is 13.8. The lowest BCUT2D eigenvalue weighted by atomic mass is 9.88. The Kier molecular flexibility index (Phi) is 4.26. The molecule has 0 atom stereocenters. The lowest BCUT2D eigenvalue weighted by Gasteiger charge is -2.19. The maximum Gasteiger partial charge on any atom is 0.205 e. The van der Waals surface area contributed by atoms with Crippen molar-refractivity contribution >= 4 is 44.6 Å². The maximum atomic E-state index is 12.9. The molecular formula is C20H19ClN2OS. The number of nitrogens with zero attached hydrogens (tertiary/aromatic N) is 1. The molecule has 0 radical (unpaired) electrons. The summed E-state index contributed by atoms with van der Waals surface area (Å²) in [5.41, 5.74) is 11.5. The predicted octanol–water partition coefficient (Wildman–Crippen LogP) is 5.20. The van der Waals surface area contributed by atoms with E-state index in [1.807, 2.05) is 0 Å². The van der Waals surface area contributed by atoms with Crippen molar-refractivity contribution in [2.75, 3.05) is 5.73 Å². The Morgan fingerprint density at radius 3 is 2.56 bits per heavy atom. The first-order chi connectivity index (χ1) is 12.1. The fraction of sp³-hybridized carbons (Fsp3) is 0.300. The first-order valence-electron chi connectivity index (χ1n) is 8.63. The summed E-state index contributed by atoms with van der Waals surface area (Å²) in [6, 6.07) is 6.95. The number of carbonyl (C=O) groups excluding carboxylic acids is 1. The second-order valence-corrected chi connectivity index (χ2v) is 7.87. The molecule has 5 heteroatoms. The van der Waals surface area contributed by atoms with Gasteiger partial charge in [0.1, 0.15) is 9.71 Å². The molecule has 3 aromatic rings. The van der Waals surface area contributed by atoms with Crippen molar-refractivity contribution < 1.29 is 4.79 Å².